The van der Waals surface area contributed by atoms with Crippen molar-refractivity contribution >= 4 is 29.2 Å². The van der Waals surface area contributed by atoms with Crippen LogP contribution in [-0.4, -0.2) is 71.9 Å². The van der Waals surface area contributed by atoms with Crippen LogP contribution in [0.4, 0.5) is 4.79 Å². The molecule has 0 bridgehead atoms. The van der Waals surface area contributed by atoms with Crippen LogP contribution in [0.15, 0.2) is 41.1 Å². The molecule has 0 aliphatic carbocycles. The molecular weight excluding hydrogens is 428 g/mol. The molecule has 1 aromatic carbocycles. The summed E-state index contributed by atoms with van der Waals surface area (Å²) in [6.07, 6.45) is 2.47. The van der Waals surface area contributed by atoms with Gasteiger partial charge < -0.3 is 9.80 Å². The maximum absolute atomic E-state index is 12.5. The van der Waals surface area contributed by atoms with Gasteiger partial charge in [-0.1, -0.05) is 12.1 Å². The van der Waals surface area contributed by atoms with Crippen molar-refractivity contribution in [2.75, 3.05) is 33.3 Å². The molecule has 8 nitrogen and oxygen atoms in total. The molecule has 3 heterocycles. The highest BCUT2D eigenvalue weighted by Crippen LogP contribution is 2.23. The molecule has 1 N–H and O–H groups in total. The number of nitrogens with one attached hydrogen (secondary N) is 1. The van der Waals surface area contributed by atoms with E-state index in [9.17, 15) is 14.4 Å². The van der Waals surface area contributed by atoms with Crippen LogP contribution >= 0.6 is 11.3 Å². The Bertz CT molecular complexity index is 922. The molecule has 4 amide bonds. The average Bonchev–Trinajstić information content (AvgIpc) is 3.41. The fourth-order valence-corrected chi connectivity index (χ4v) is 5.10. The standard InChI is InChI=1S/C23H28N4O4S/c1-31-24-23(30)27(15-17-9-14-32-16-17)18-7-12-25(13-8-18)10-4-11-26-21(28)19-5-2-3-6-20(19)22(26)29/h2-3,5-6,9,14,16,18H,4,7-8,10-13,15H2,1H3,(H,24,30). The predicted octanol–water partition coefficient (Wildman–Crippen LogP) is 2.97. The number of carbonyl (C=O) groups excluding carboxylic acids is 3. The van der Waals surface area contributed by atoms with E-state index in [0.717, 1.165) is 44.5 Å². The number of carbonyl (C=O) groups is 3. The molecule has 0 radical (unpaired) electrons. The van der Waals surface area contributed by atoms with E-state index in [1.54, 1.807) is 35.6 Å². The zero-order chi connectivity index (χ0) is 22.5. The number of nitrogens with zero attached hydrogens (tertiary/aromatic N) is 3. The van der Waals surface area contributed by atoms with Gasteiger partial charge in [-0.25, -0.2) is 10.3 Å². The second-order valence-electron chi connectivity index (χ2n) is 8.10. The highest BCUT2D eigenvalue weighted by atomic mass is 32.1. The van der Waals surface area contributed by atoms with Gasteiger partial charge in [0.15, 0.2) is 0 Å². The molecule has 0 atom stereocenters. The molecule has 0 unspecified atom stereocenters. The number of thiophene rings is 1. The number of benzene rings is 1. The Hall–Kier alpha value is -2.75. The quantitative estimate of drug-likeness (QED) is 0.488. The van der Waals surface area contributed by atoms with Gasteiger partial charge >= 0.3 is 6.03 Å². The number of imide groups is 1. The Kier molecular flexibility index (Phi) is 7.19. The van der Waals surface area contributed by atoms with E-state index in [1.807, 2.05) is 16.3 Å². The van der Waals surface area contributed by atoms with Crippen molar-refractivity contribution in [3.8, 4) is 0 Å². The second-order valence-corrected chi connectivity index (χ2v) is 8.88. The number of hydrogen-bond acceptors (Lipinski definition) is 6. The second kappa shape index (κ2) is 10.2. The van der Waals surface area contributed by atoms with Crippen LogP contribution in [0, 0.1) is 0 Å². The highest BCUT2D eigenvalue weighted by molar-refractivity contribution is 7.07. The van der Waals surface area contributed by atoms with Crippen LogP contribution in [0.25, 0.3) is 0 Å². The number of rotatable bonds is 8. The lowest BCUT2D eigenvalue weighted by molar-refractivity contribution is 0.0602. The maximum atomic E-state index is 12.5. The molecule has 4 rings (SSSR count). The lowest BCUT2D eigenvalue weighted by Crippen LogP contribution is -2.50. The van der Waals surface area contributed by atoms with Crippen molar-refractivity contribution in [1.82, 2.24) is 20.2 Å². The summed E-state index contributed by atoms with van der Waals surface area (Å²) in [5.41, 5.74) is 4.57. The number of urea groups is 1. The van der Waals surface area contributed by atoms with Crippen LogP contribution < -0.4 is 5.48 Å². The van der Waals surface area contributed by atoms with Crippen LogP contribution in [0.2, 0.25) is 0 Å². The van der Waals surface area contributed by atoms with E-state index in [1.165, 1.54) is 12.0 Å². The molecule has 170 valence electrons. The van der Waals surface area contributed by atoms with Crippen molar-refractivity contribution < 1.29 is 19.2 Å². The summed E-state index contributed by atoms with van der Waals surface area (Å²) in [6, 6.07) is 8.94. The monoisotopic (exact) mass is 456 g/mol. The van der Waals surface area contributed by atoms with Crippen molar-refractivity contribution in [3.63, 3.8) is 0 Å². The molecule has 2 aromatic rings. The first kappa shape index (κ1) is 22.4. The largest absolute Gasteiger partial charge is 0.341 e. The molecule has 1 saturated heterocycles. The van der Waals surface area contributed by atoms with Crippen LogP contribution in [0.1, 0.15) is 45.5 Å². The third kappa shape index (κ3) is 4.85. The first-order valence-corrected chi connectivity index (χ1v) is 11.8. The van der Waals surface area contributed by atoms with Gasteiger partial charge in [-0.15, -0.1) is 0 Å². The number of likely N-dealkylation sites (tertiary alicyclic amines) is 1. The zero-order valence-corrected chi connectivity index (χ0v) is 19.0. The fourth-order valence-electron chi connectivity index (χ4n) is 4.44. The van der Waals surface area contributed by atoms with Gasteiger partial charge in [-0.3, -0.25) is 19.3 Å². The summed E-state index contributed by atoms with van der Waals surface area (Å²) in [6.45, 7) is 3.53. The van der Waals surface area contributed by atoms with Crippen LogP contribution in [0.3, 0.4) is 0 Å². The summed E-state index contributed by atoms with van der Waals surface area (Å²) in [5.74, 6) is -0.393. The minimum absolute atomic E-state index is 0.137. The van der Waals surface area contributed by atoms with Gasteiger partial charge in [-0.2, -0.15) is 11.3 Å². The van der Waals surface area contributed by atoms with Crippen molar-refractivity contribution in [2.24, 2.45) is 0 Å². The van der Waals surface area contributed by atoms with Gasteiger partial charge in [0.05, 0.1) is 18.2 Å². The van der Waals surface area contributed by atoms with Crippen molar-refractivity contribution in [3.05, 3.63) is 57.8 Å². The van der Waals surface area contributed by atoms with Crippen LogP contribution in [-0.2, 0) is 11.4 Å². The summed E-state index contributed by atoms with van der Waals surface area (Å²) in [4.78, 5) is 47.9. The lowest BCUT2D eigenvalue weighted by Gasteiger charge is -2.38. The third-order valence-electron chi connectivity index (χ3n) is 6.12. The van der Waals surface area contributed by atoms with Crippen molar-refractivity contribution in [2.45, 2.75) is 31.8 Å². The molecule has 2 aliphatic heterocycles. The van der Waals surface area contributed by atoms with E-state index in [-0.39, 0.29) is 23.9 Å². The SMILES string of the molecule is CONC(=O)N(Cc1ccsc1)C1CCN(CCCN2C(=O)c3ccccc3C2=O)CC1. The van der Waals surface area contributed by atoms with Gasteiger partial charge in [0, 0.05) is 32.2 Å². The van der Waals surface area contributed by atoms with Gasteiger partial charge in [0.1, 0.15) is 0 Å². The lowest BCUT2D eigenvalue weighted by atomic mass is 10.0. The average molecular weight is 457 g/mol. The van der Waals surface area contributed by atoms with Crippen LogP contribution in [0.5, 0.6) is 0 Å². The molecule has 2 aliphatic rings. The fraction of sp³-hybridized carbons (Fsp3) is 0.435. The summed E-state index contributed by atoms with van der Waals surface area (Å²) in [5, 5.41) is 4.07. The Morgan fingerprint density at radius 3 is 2.41 bits per heavy atom. The summed E-state index contributed by atoms with van der Waals surface area (Å²) in [7, 11) is 1.44. The number of hydrogen-bond donors (Lipinski definition) is 1. The Morgan fingerprint density at radius 1 is 1.12 bits per heavy atom. The Morgan fingerprint density at radius 2 is 1.81 bits per heavy atom. The third-order valence-corrected chi connectivity index (χ3v) is 6.85. The van der Waals surface area contributed by atoms with E-state index in [2.05, 4.69) is 15.8 Å². The maximum Gasteiger partial charge on any atom is 0.341 e. The molecule has 1 aromatic heterocycles. The zero-order valence-electron chi connectivity index (χ0n) is 18.2. The highest BCUT2D eigenvalue weighted by Gasteiger charge is 2.35. The van der Waals surface area contributed by atoms with E-state index >= 15 is 0 Å². The van der Waals surface area contributed by atoms with E-state index in [0.29, 0.717) is 24.2 Å². The number of amides is 4. The first-order valence-electron chi connectivity index (χ1n) is 10.9. The van der Waals surface area contributed by atoms with Gasteiger partial charge in [-0.05, 0) is 60.3 Å². The van der Waals surface area contributed by atoms with Gasteiger partial charge in [0.2, 0.25) is 0 Å². The minimum Gasteiger partial charge on any atom is -0.316 e. The summed E-state index contributed by atoms with van der Waals surface area (Å²) >= 11 is 1.62. The summed E-state index contributed by atoms with van der Waals surface area (Å²) < 4.78 is 0. The first-order chi connectivity index (χ1) is 15.6. The molecule has 1 fully saturated rings. The molecule has 0 saturated carbocycles. The molecular formula is C23H28N4O4S. The minimum atomic E-state index is -0.220. The smallest absolute Gasteiger partial charge is 0.316 e. The van der Waals surface area contributed by atoms with E-state index in [4.69, 9.17) is 4.84 Å². The van der Waals surface area contributed by atoms with E-state index < -0.39 is 0 Å². The topological polar surface area (TPSA) is 82.2 Å². The normalized spacial score (nSPS) is 17.0. The number of hydroxylamine groups is 1. The van der Waals surface area contributed by atoms with Crippen molar-refractivity contribution in [1.29, 1.82) is 0 Å². The van der Waals surface area contributed by atoms with Gasteiger partial charge in [0.25, 0.3) is 11.8 Å². The Labute approximate surface area is 191 Å². The number of piperidine rings is 1. The predicted molar refractivity (Wildman–Crippen MR) is 121 cm³/mol. The Balaban J connectivity index is 1.26. The molecule has 0 spiro atoms. The molecule has 9 heteroatoms. The molecule has 32 heavy (non-hydrogen) atoms. The number of fused-ring (bicyclic) bond motifs is 1.